The molecule has 0 spiro atoms. The molecule has 26 heavy (non-hydrogen) atoms. The number of ketones is 1. The Morgan fingerprint density at radius 3 is 2.54 bits per heavy atom. The van der Waals surface area contributed by atoms with Gasteiger partial charge in [-0.25, -0.2) is 0 Å². The highest BCUT2D eigenvalue weighted by atomic mass is 127. The number of hydrogen-bond donors (Lipinski definition) is 0. The minimum atomic E-state index is -1.92. The highest BCUT2D eigenvalue weighted by molar-refractivity contribution is 14.1. The number of carbonyl (C=O) groups excluding carboxylic acids is 1. The summed E-state index contributed by atoms with van der Waals surface area (Å²) >= 11 is 2.38. The molecule has 0 amide bonds. The van der Waals surface area contributed by atoms with E-state index in [1.54, 1.807) is 0 Å². The molecule has 0 radical (unpaired) electrons. The lowest BCUT2D eigenvalue weighted by Gasteiger charge is -2.39. The standard InChI is InChI=1S/C22H33IO2Si/c1-8-22(5)15-17(22)19(24)13-14-20(16-11-9-10-12-18(16)23)25-26(6,7)21(2,3)4/h8-12,17,20H,1,13-15H2,2-7H3/t17-,20?,22+/m1/s1. The molecule has 1 fully saturated rings. The van der Waals surface area contributed by atoms with Crippen molar-refractivity contribution < 1.29 is 9.22 Å². The van der Waals surface area contributed by atoms with E-state index in [0.29, 0.717) is 12.2 Å². The average molecular weight is 484 g/mol. The van der Waals surface area contributed by atoms with Crippen molar-refractivity contribution in [2.45, 2.75) is 71.2 Å². The van der Waals surface area contributed by atoms with Gasteiger partial charge in [0.25, 0.3) is 0 Å². The molecular weight excluding hydrogens is 451 g/mol. The molecule has 3 atom stereocenters. The maximum absolute atomic E-state index is 12.7. The summed E-state index contributed by atoms with van der Waals surface area (Å²) in [5.74, 6) is 0.519. The second-order valence-corrected chi connectivity index (χ2v) is 15.3. The molecule has 2 nitrogen and oxygen atoms in total. The Labute approximate surface area is 174 Å². The topological polar surface area (TPSA) is 26.3 Å². The first kappa shape index (κ1) is 21.8. The van der Waals surface area contributed by atoms with Crippen molar-refractivity contribution in [2.24, 2.45) is 11.3 Å². The fourth-order valence-corrected chi connectivity index (χ4v) is 5.13. The number of carbonyl (C=O) groups is 1. The van der Waals surface area contributed by atoms with Gasteiger partial charge in [0.2, 0.25) is 0 Å². The van der Waals surface area contributed by atoms with Crippen molar-refractivity contribution >= 4 is 36.7 Å². The summed E-state index contributed by atoms with van der Waals surface area (Å²) in [7, 11) is -1.92. The zero-order chi connectivity index (χ0) is 19.8. The minimum absolute atomic E-state index is 0.0123. The molecule has 0 heterocycles. The van der Waals surface area contributed by atoms with E-state index in [0.717, 1.165) is 12.8 Å². The fourth-order valence-electron chi connectivity index (χ4n) is 3.08. The Kier molecular flexibility index (Phi) is 6.62. The molecule has 1 unspecified atom stereocenters. The molecule has 4 heteroatoms. The van der Waals surface area contributed by atoms with E-state index in [1.165, 1.54) is 9.13 Å². The van der Waals surface area contributed by atoms with Crippen LogP contribution in [0.1, 0.15) is 58.6 Å². The minimum Gasteiger partial charge on any atom is -0.410 e. The average Bonchev–Trinajstić information content (AvgIpc) is 3.23. The molecule has 2 rings (SSSR count). The Balaban J connectivity index is 2.15. The van der Waals surface area contributed by atoms with Crippen LogP contribution in [0.3, 0.4) is 0 Å². The van der Waals surface area contributed by atoms with E-state index in [2.05, 4.69) is 94.2 Å². The van der Waals surface area contributed by atoms with Gasteiger partial charge in [-0.1, -0.05) is 52.0 Å². The van der Waals surface area contributed by atoms with E-state index in [-0.39, 0.29) is 22.5 Å². The van der Waals surface area contributed by atoms with Crippen LogP contribution in [0.5, 0.6) is 0 Å². The maximum atomic E-state index is 12.7. The normalized spacial score (nSPS) is 24.2. The molecule has 1 aliphatic carbocycles. The van der Waals surface area contributed by atoms with E-state index < -0.39 is 8.32 Å². The van der Waals surface area contributed by atoms with E-state index in [9.17, 15) is 4.79 Å². The lowest BCUT2D eigenvalue weighted by Crippen LogP contribution is -2.42. The Bertz CT molecular complexity index is 677. The number of benzene rings is 1. The predicted octanol–water partition coefficient (Wildman–Crippen LogP) is 6.92. The molecule has 1 saturated carbocycles. The second kappa shape index (κ2) is 7.88. The quantitative estimate of drug-likeness (QED) is 0.228. The lowest BCUT2D eigenvalue weighted by atomic mass is 9.98. The summed E-state index contributed by atoms with van der Waals surface area (Å²) in [5.41, 5.74) is 1.24. The van der Waals surface area contributed by atoms with Gasteiger partial charge in [-0.3, -0.25) is 4.79 Å². The predicted molar refractivity (Wildman–Crippen MR) is 121 cm³/mol. The summed E-state index contributed by atoms with van der Waals surface area (Å²) in [6.07, 6.45) is 4.22. The van der Waals surface area contributed by atoms with Crippen LogP contribution in [-0.4, -0.2) is 14.1 Å². The molecule has 1 aromatic rings. The van der Waals surface area contributed by atoms with Gasteiger partial charge in [0.1, 0.15) is 5.78 Å². The summed E-state index contributed by atoms with van der Waals surface area (Å²) < 4.78 is 7.97. The van der Waals surface area contributed by atoms with Gasteiger partial charge < -0.3 is 4.43 Å². The Morgan fingerprint density at radius 2 is 2.04 bits per heavy atom. The second-order valence-electron chi connectivity index (χ2n) is 9.36. The number of hydrogen-bond acceptors (Lipinski definition) is 2. The lowest BCUT2D eigenvalue weighted by molar-refractivity contribution is -0.121. The van der Waals surface area contributed by atoms with Gasteiger partial charge in [0, 0.05) is 15.9 Å². The Hall–Kier alpha value is -0.463. The van der Waals surface area contributed by atoms with Gasteiger partial charge in [0.05, 0.1) is 6.10 Å². The van der Waals surface area contributed by atoms with Crippen LogP contribution < -0.4 is 0 Å². The highest BCUT2D eigenvalue weighted by Crippen LogP contribution is 2.54. The number of allylic oxidation sites excluding steroid dienone is 1. The third-order valence-electron chi connectivity index (χ3n) is 6.28. The third kappa shape index (κ3) is 4.87. The maximum Gasteiger partial charge on any atom is 0.192 e. The summed E-state index contributed by atoms with van der Waals surface area (Å²) in [4.78, 5) is 12.7. The van der Waals surface area contributed by atoms with Gasteiger partial charge in [-0.05, 0) is 70.6 Å². The van der Waals surface area contributed by atoms with E-state index >= 15 is 0 Å². The third-order valence-corrected chi connectivity index (χ3v) is 11.8. The number of rotatable bonds is 8. The van der Waals surface area contributed by atoms with E-state index in [4.69, 9.17) is 4.43 Å². The van der Waals surface area contributed by atoms with Crippen LogP contribution >= 0.6 is 22.6 Å². The fraction of sp³-hybridized carbons (Fsp3) is 0.591. The van der Waals surface area contributed by atoms with Crippen LogP contribution in [0.2, 0.25) is 18.1 Å². The van der Waals surface area contributed by atoms with Crippen molar-refractivity contribution in [3.05, 3.63) is 46.1 Å². The van der Waals surface area contributed by atoms with Crippen LogP contribution in [0.15, 0.2) is 36.9 Å². The van der Waals surface area contributed by atoms with Crippen molar-refractivity contribution in [2.75, 3.05) is 0 Å². The van der Waals surface area contributed by atoms with Gasteiger partial charge in [-0.2, -0.15) is 0 Å². The van der Waals surface area contributed by atoms with Crippen molar-refractivity contribution in [3.8, 4) is 0 Å². The van der Waals surface area contributed by atoms with Crippen LogP contribution in [0.25, 0.3) is 0 Å². The number of halogens is 1. The Morgan fingerprint density at radius 1 is 1.42 bits per heavy atom. The highest BCUT2D eigenvalue weighted by Gasteiger charge is 2.51. The largest absolute Gasteiger partial charge is 0.410 e. The van der Waals surface area contributed by atoms with Gasteiger partial charge in [0.15, 0.2) is 8.32 Å². The first-order chi connectivity index (χ1) is 11.9. The smallest absolute Gasteiger partial charge is 0.192 e. The molecule has 1 aliphatic rings. The van der Waals surface area contributed by atoms with Crippen molar-refractivity contribution in [1.29, 1.82) is 0 Å². The SMILES string of the molecule is C=C[C@@]1(C)C[C@@H]1C(=O)CCC(O[Si](C)(C)C(C)(C)C)c1ccccc1I. The van der Waals surface area contributed by atoms with Crippen molar-refractivity contribution in [1.82, 2.24) is 0 Å². The summed E-state index contributed by atoms with van der Waals surface area (Å²) in [5, 5.41) is 0.146. The van der Waals surface area contributed by atoms with Crippen LogP contribution in [-0.2, 0) is 9.22 Å². The van der Waals surface area contributed by atoms with Crippen LogP contribution in [0.4, 0.5) is 0 Å². The molecular formula is C22H33IO2Si. The summed E-state index contributed by atoms with van der Waals surface area (Å²) in [6.45, 7) is 17.4. The zero-order valence-corrected chi connectivity index (χ0v) is 20.2. The van der Waals surface area contributed by atoms with Crippen LogP contribution in [0, 0.1) is 14.9 Å². The monoisotopic (exact) mass is 484 g/mol. The number of Topliss-reactive ketones (excluding diaryl/α,β-unsaturated/α-hetero) is 1. The molecule has 0 N–H and O–H groups in total. The summed E-state index contributed by atoms with van der Waals surface area (Å²) in [6, 6.07) is 8.39. The molecule has 0 bridgehead atoms. The molecule has 0 aliphatic heterocycles. The first-order valence-corrected chi connectivity index (χ1v) is 13.5. The first-order valence-electron chi connectivity index (χ1n) is 9.50. The molecule has 1 aromatic carbocycles. The van der Waals surface area contributed by atoms with Crippen molar-refractivity contribution in [3.63, 3.8) is 0 Å². The van der Waals surface area contributed by atoms with Gasteiger partial charge in [-0.15, -0.1) is 6.58 Å². The zero-order valence-electron chi connectivity index (χ0n) is 17.1. The molecule has 0 saturated heterocycles. The van der Waals surface area contributed by atoms with Gasteiger partial charge >= 0.3 is 0 Å². The molecule has 144 valence electrons. The molecule has 0 aromatic heterocycles. The van der Waals surface area contributed by atoms with E-state index in [1.807, 2.05) is 6.08 Å².